The molecule has 10 heteroatoms. The molecule has 0 bridgehead atoms. The number of amides is 2. The third-order valence-electron chi connectivity index (χ3n) is 4.28. The van der Waals surface area contributed by atoms with Crippen molar-refractivity contribution in [3.05, 3.63) is 10.6 Å². The lowest BCUT2D eigenvalue weighted by atomic mass is 9.72. The van der Waals surface area contributed by atoms with Crippen LogP contribution in [0.5, 0.6) is 0 Å². The molecule has 2 N–H and O–H groups in total. The first-order valence-corrected chi connectivity index (χ1v) is 10.4. The Balaban J connectivity index is 2.05. The SMILES string of the molecule is CC1(C)C(C#N)=C(SCC(=O)N[C@H]2CCS(=O)(=O)C2)NC(=O)[C@H]1C#N. The lowest BCUT2D eigenvalue weighted by Crippen LogP contribution is -2.45. The first kappa shape index (κ1) is 19.3. The van der Waals surface area contributed by atoms with Crippen LogP contribution in [0.25, 0.3) is 0 Å². The molecule has 0 spiro atoms. The van der Waals surface area contributed by atoms with E-state index < -0.39 is 33.1 Å². The van der Waals surface area contributed by atoms with Crippen molar-refractivity contribution in [3.63, 3.8) is 0 Å². The number of nitrogens with zero attached hydrogens (tertiary/aromatic N) is 2. The zero-order valence-electron chi connectivity index (χ0n) is 13.8. The van der Waals surface area contributed by atoms with Gasteiger partial charge in [-0.2, -0.15) is 10.5 Å². The standard InChI is InChI=1S/C15H18N4O4S2/c1-15(2)10(5-16)13(21)19-14(11(15)6-17)24-7-12(20)18-9-3-4-25(22,23)8-9/h9-10H,3-4,7-8H2,1-2H3,(H,18,20)(H,19,21)/t9-,10+/m0/s1. The molecule has 2 aliphatic rings. The summed E-state index contributed by atoms with van der Waals surface area (Å²) in [4.78, 5) is 24.1. The van der Waals surface area contributed by atoms with Crippen LogP contribution >= 0.6 is 11.8 Å². The molecule has 25 heavy (non-hydrogen) atoms. The summed E-state index contributed by atoms with van der Waals surface area (Å²) in [6.07, 6.45) is 0.387. The van der Waals surface area contributed by atoms with E-state index >= 15 is 0 Å². The molecule has 2 atom stereocenters. The fourth-order valence-corrected chi connectivity index (χ4v) is 5.51. The van der Waals surface area contributed by atoms with Gasteiger partial charge in [0.15, 0.2) is 9.84 Å². The molecule has 0 aromatic heterocycles. The Morgan fingerprint density at radius 2 is 2.12 bits per heavy atom. The number of hydrogen-bond acceptors (Lipinski definition) is 7. The second-order valence-electron chi connectivity index (χ2n) is 6.55. The van der Waals surface area contributed by atoms with Crippen LogP contribution in [0.2, 0.25) is 0 Å². The largest absolute Gasteiger partial charge is 0.352 e. The molecule has 2 amide bonds. The Hall–Kier alpha value is -2.04. The van der Waals surface area contributed by atoms with E-state index in [2.05, 4.69) is 10.6 Å². The maximum Gasteiger partial charge on any atom is 0.243 e. The predicted molar refractivity (Wildman–Crippen MR) is 91.3 cm³/mol. The molecule has 0 saturated carbocycles. The summed E-state index contributed by atoms with van der Waals surface area (Å²) >= 11 is 0.994. The molecule has 134 valence electrons. The average Bonchev–Trinajstić information content (AvgIpc) is 2.83. The van der Waals surface area contributed by atoms with Gasteiger partial charge in [-0.15, -0.1) is 0 Å². The fourth-order valence-electron chi connectivity index (χ4n) is 2.85. The van der Waals surface area contributed by atoms with Crippen molar-refractivity contribution in [2.45, 2.75) is 26.3 Å². The van der Waals surface area contributed by atoms with Gasteiger partial charge in [0.05, 0.1) is 40.0 Å². The number of sulfone groups is 1. The zero-order valence-corrected chi connectivity index (χ0v) is 15.5. The molecule has 2 heterocycles. The number of nitriles is 2. The van der Waals surface area contributed by atoms with E-state index in [-0.39, 0.29) is 33.8 Å². The highest BCUT2D eigenvalue weighted by atomic mass is 32.2. The van der Waals surface area contributed by atoms with E-state index in [9.17, 15) is 23.3 Å². The molecular weight excluding hydrogens is 364 g/mol. The highest BCUT2D eigenvalue weighted by molar-refractivity contribution is 8.03. The smallest absolute Gasteiger partial charge is 0.243 e. The van der Waals surface area contributed by atoms with Crippen molar-refractivity contribution in [2.24, 2.45) is 11.3 Å². The molecular formula is C15H18N4O4S2. The highest BCUT2D eigenvalue weighted by Crippen LogP contribution is 2.41. The molecule has 1 fully saturated rings. The quantitative estimate of drug-likeness (QED) is 0.700. The minimum atomic E-state index is -3.08. The topological polar surface area (TPSA) is 140 Å². The van der Waals surface area contributed by atoms with Crippen molar-refractivity contribution in [1.82, 2.24) is 10.6 Å². The molecule has 0 radical (unpaired) electrons. The van der Waals surface area contributed by atoms with Crippen molar-refractivity contribution in [2.75, 3.05) is 17.3 Å². The van der Waals surface area contributed by atoms with E-state index in [1.54, 1.807) is 13.8 Å². The van der Waals surface area contributed by atoms with Crippen LogP contribution in [-0.2, 0) is 19.4 Å². The van der Waals surface area contributed by atoms with Crippen molar-refractivity contribution >= 4 is 33.4 Å². The lowest BCUT2D eigenvalue weighted by molar-refractivity contribution is -0.125. The summed E-state index contributed by atoms with van der Waals surface area (Å²) in [6, 6.07) is 3.53. The van der Waals surface area contributed by atoms with Crippen LogP contribution in [0.1, 0.15) is 20.3 Å². The normalized spacial score (nSPS) is 27.1. The van der Waals surface area contributed by atoms with Crippen LogP contribution in [0.3, 0.4) is 0 Å². The summed E-state index contributed by atoms with van der Waals surface area (Å²) in [5, 5.41) is 24.0. The Kier molecular flexibility index (Phi) is 5.45. The summed E-state index contributed by atoms with van der Waals surface area (Å²) in [7, 11) is -3.08. The third-order valence-corrected chi connectivity index (χ3v) is 7.05. The van der Waals surface area contributed by atoms with Crippen molar-refractivity contribution in [3.8, 4) is 12.1 Å². The molecule has 2 rings (SSSR count). The van der Waals surface area contributed by atoms with Crippen LogP contribution in [-0.4, -0.2) is 43.5 Å². The Morgan fingerprint density at radius 1 is 1.44 bits per heavy atom. The van der Waals surface area contributed by atoms with E-state index in [1.807, 2.05) is 12.1 Å². The second kappa shape index (κ2) is 7.06. The van der Waals surface area contributed by atoms with Gasteiger partial charge >= 0.3 is 0 Å². The molecule has 2 aliphatic heterocycles. The van der Waals surface area contributed by atoms with Gasteiger partial charge in [-0.05, 0) is 6.42 Å². The number of carbonyl (C=O) groups is 2. The monoisotopic (exact) mass is 382 g/mol. The fraction of sp³-hybridized carbons (Fsp3) is 0.600. The number of nitrogens with one attached hydrogen (secondary N) is 2. The Bertz CT molecular complexity index is 817. The first-order valence-electron chi connectivity index (χ1n) is 7.58. The second-order valence-corrected chi connectivity index (χ2v) is 9.76. The minimum absolute atomic E-state index is 0.0641. The molecule has 0 unspecified atom stereocenters. The summed E-state index contributed by atoms with van der Waals surface area (Å²) in [5.74, 6) is -1.92. The molecule has 0 aromatic rings. The van der Waals surface area contributed by atoms with Gasteiger partial charge in [-0.1, -0.05) is 25.6 Å². The van der Waals surface area contributed by atoms with Crippen LogP contribution < -0.4 is 10.6 Å². The third kappa shape index (κ3) is 4.14. The number of carbonyl (C=O) groups excluding carboxylic acids is 2. The van der Waals surface area contributed by atoms with E-state index in [1.165, 1.54) is 0 Å². The van der Waals surface area contributed by atoms with Gasteiger partial charge in [-0.25, -0.2) is 8.42 Å². The zero-order chi connectivity index (χ0) is 18.8. The van der Waals surface area contributed by atoms with Gasteiger partial charge < -0.3 is 10.6 Å². The van der Waals surface area contributed by atoms with Crippen LogP contribution in [0.4, 0.5) is 0 Å². The van der Waals surface area contributed by atoms with Gasteiger partial charge in [0, 0.05) is 11.5 Å². The number of allylic oxidation sites excluding steroid dienone is 1. The summed E-state index contributed by atoms with van der Waals surface area (Å²) in [6.45, 7) is 3.28. The van der Waals surface area contributed by atoms with Gasteiger partial charge in [0.2, 0.25) is 11.8 Å². The Morgan fingerprint density at radius 3 is 2.64 bits per heavy atom. The Labute approximate surface area is 150 Å². The molecule has 0 aliphatic carbocycles. The maximum absolute atomic E-state index is 12.0. The van der Waals surface area contributed by atoms with Gasteiger partial charge in [0.25, 0.3) is 0 Å². The first-order chi connectivity index (χ1) is 11.6. The molecule has 1 saturated heterocycles. The highest BCUT2D eigenvalue weighted by Gasteiger charge is 2.44. The summed E-state index contributed by atoms with van der Waals surface area (Å²) < 4.78 is 22.8. The maximum atomic E-state index is 12.0. The number of rotatable bonds is 4. The van der Waals surface area contributed by atoms with Crippen LogP contribution in [0.15, 0.2) is 10.6 Å². The predicted octanol–water partition coefficient (Wildman–Crippen LogP) is 0.0539. The lowest BCUT2D eigenvalue weighted by Gasteiger charge is -2.34. The number of thioether (sulfide) groups is 1. The molecule has 0 aromatic carbocycles. The van der Waals surface area contributed by atoms with E-state index in [0.29, 0.717) is 6.42 Å². The average molecular weight is 382 g/mol. The van der Waals surface area contributed by atoms with Gasteiger partial charge in [0.1, 0.15) is 5.92 Å². The van der Waals surface area contributed by atoms with Gasteiger partial charge in [-0.3, -0.25) is 9.59 Å². The van der Waals surface area contributed by atoms with Crippen molar-refractivity contribution < 1.29 is 18.0 Å². The molecule has 8 nitrogen and oxygen atoms in total. The van der Waals surface area contributed by atoms with E-state index in [0.717, 1.165) is 11.8 Å². The summed E-state index contributed by atoms with van der Waals surface area (Å²) in [5.41, 5.74) is -0.704. The number of hydrogen-bond donors (Lipinski definition) is 2. The minimum Gasteiger partial charge on any atom is -0.352 e. The van der Waals surface area contributed by atoms with Crippen LogP contribution in [0, 0.1) is 34.0 Å². The van der Waals surface area contributed by atoms with Crippen molar-refractivity contribution in [1.29, 1.82) is 10.5 Å². The van der Waals surface area contributed by atoms with E-state index in [4.69, 9.17) is 5.26 Å².